The van der Waals surface area contributed by atoms with Gasteiger partial charge in [0.05, 0.1) is 11.2 Å². The Hall–Kier alpha value is -1.68. The number of aromatic nitrogens is 1. The molecule has 0 atom stereocenters. The summed E-state index contributed by atoms with van der Waals surface area (Å²) in [6.45, 7) is 8.70. The lowest BCUT2D eigenvalue weighted by Gasteiger charge is -2.32. The van der Waals surface area contributed by atoms with E-state index in [4.69, 9.17) is 9.31 Å². The zero-order valence-electron chi connectivity index (χ0n) is 13.8. The largest absolute Gasteiger partial charge is 0.491 e. The average molecular weight is 299 g/mol. The smallest absolute Gasteiger partial charge is 0.400 e. The summed E-state index contributed by atoms with van der Waals surface area (Å²) in [5.41, 5.74) is 1.32. The number of nitriles is 1. The lowest BCUT2D eigenvalue weighted by molar-refractivity contribution is 0.00578. The third-order valence-corrected chi connectivity index (χ3v) is 4.22. The highest BCUT2D eigenvalue weighted by Gasteiger charge is 2.52. The van der Waals surface area contributed by atoms with Gasteiger partial charge >= 0.3 is 7.12 Å². The normalized spacial score (nSPS) is 20.0. The molecule has 1 saturated heterocycles. The van der Waals surface area contributed by atoms with Crippen LogP contribution in [0.15, 0.2) is 23.8 Å². The Bertz CT molecular complexity index is 604. The topological polar surface area (TPSA) is 67.2 Å². The van der Waals surface area contributed by atoms with Gasteiger partial charge in [-0.05, 0) is 46.3 Å². The fraction of sp³-hybridized carbons (Fsp3) is 0.500. The SMILES string of the molecule is CNCC(=Cc1cccnc1C#N)B1OC(C)(C)C(C)(C)O1. The molecule has 1 aromatic heterocycles. The molecule has 2 rings (SSSR count). The molecule has 1 aromatic rings. The fourth-order valence-electron chi connectivity index (χ4n) is 2.23. The number of likely N-dealkylation sites (N-methyl/N-ethyl adjacent to an activating group) is 1. The molecular weight excluding hydrogens is 277 g/mol. The highest BCUT2D eigenvalue weighted by atomic mass is 16.7. The van der Waals surface area contributed by atoms with Crippen LogP contribution < -0.4 is 5.32 Å². The Morgan fingerprint density at radius 2 is 2.00 bits per heavy atom. The van der Waals surface area contributed by atoms with Crippen LogP contribution in [0.1, 0.15) is 39.0 Å². The van der Waals surface area contributed by atoms with Gasteiger partial charge in [-0.3, -0.25) is 0 Å². The Balaban J connectivity index is 2.36. The third-order valence-electron chi connectivity index (χ3n) is 4.22. The zero-order valence-corrected chi connectivity index (χ0v) is 13.8. The van der Waals surface area contributed by atoms with Gasteiger partial charge in [0.15, 0.2) is 0 Å². The van der Waals surface area contributed by atoms with E-state index >= 15 is 0 Å². The molecule has 0 spiro atoms. The van der Waals surface area contributed by atoms with Crippen LogP contribution in [0.3, 0.4) is 0 Å². The van der Waals surface area contributed by atoms with Crippen LogP contribution in [-0.4, -0.2) is 36.9 Å². The van der Waals surface area contributed by atoms with Crippen LogP contribution in [0.5, 0.6) is 0 Å². The first-order chi connectivity index (χ1) is 10.3. The number of nitrogens with one attached hydrogen (secondary N) is 1. The average Bonchev–Trinajstić information content (AvgIpc) is 2.67. The molecule has 0 radical (unpaired) electrons. The first-order valence-electron chi connectivity index (χ1n) is 7.36. The molecule has 0 saturated carbocycles. The monoisotopic (exact) mass is 299 g/mol. The molecule has 22 heavy (non-hydrogen) atoms. The molecule has 5 nitrogen and oxygen atoms in total. The molecule has 0 amide bonds. The zero-order chi connectivity index (χ0) is 16.4. The summed E-state index contributed by atoms with van der Waals surface area (Å²) in [7, 11) is 1.43. The van der Waals surface area contributed by atoms with Crippen LogP contribution in [0.25, 0.3) is 6.08 Å². The predicted molar refractivity (Wildman–Crippen MR) is 86.9 cm³/mol. The molecule has 1 aliphatic heterocycles. The minimum atomic E-state index is -0.441. The van der Waals surface area contributed by atoms with E-state index in [0.29, 0.717) is 12.2 Å². The molecule has 1 N–H and O–H groups in total. The van der Waals surface area contributed by atoms with Crippen LogP contribution in [-0.2, 0) is 9.31 Å². The van der Waals surface area contributed by atoms with Crippen molar-refractivity contribution in [3.63, 3.8) is 0 Å². The third kappa shape index (κ3) is 3.22. The van der Waals surface area contributed by atoms with Gasteiger partial charge in [-0.1, -0.05) is 12.1 Å². The van der Waals surface area contributed by atoms with Crippen molar-refractivity contribution in [2.45, 2.75) is 38.9 Å². The van der Waals surface area contributed by atoms with Gasteiger partial charge in [-0.2, -0.15) is 5.26 Å². The van der Waals surface area contributed by atoms with Gasteiger partial charge in [0.25, 0.3) is 0 Å². The summed E-state index contributed by atoms with van der Waals surface area (Å²) >= 11 is 0. The standard InChI is InChI=1S/C16H22BN3O2/c1-15(2)16(3,4)22-17(21-15)13(11-19-5)9-12-7-6-8-20-14(12)10-18/h6-9,19H,11H2,1-5H3. The quantitative estimate of drug-likeness (QED) is 0.863. The Morgan fingerprint density at radius 1 is 1.36 bits per heavy atom. The highest BCUT2D eigenvalue weighted by Crippen LogP contribution is 2.38. The molecule has 116 valence electrons. The molecule has 2 heterocycles. The van der Waals surface area contributed by atoms with E-state index < -0.39 is 18.3 Å². The molecular formula is C16H22BN3O2. The predicted octanol–water partition coefficient (Wildman–Crippen LogP) is 2.19. The highest BCUT2D eigenvalue weighted by molar-refractivity contribution is 6.55. The van der Waals surface area contributed by atoms with Gasteiger partial charge in [0.2, 0.25) is 0 Å². The first kappa shape index (κ1) is 16.7. The number of hydrogen-bond acceptors (Lipinski definition) is 5. The van der Waals surface area contributed by atoms with E-state index in [9.17, 15) is 5.26 Å². The summed E-state index contributed by atoms with van der Waals surface area (Å²) < 4.78 is 12.2. The molecule has 0 bridgehead atoms. The Kier molecular flexibility index (Phi) is 4.71. The number of rotatable bonds is 4. The summed E-state index contributed by atoms with van der Waals surface area (Å²) in [6.07, 6.45) is 3.53. The van der Waals surface area contributed by atoms with Crippen molar-refractivity contribution in [1.82, 2.24) is 10.3 Å². The van der Waals surface area contributed by atoms with E-state index in [2.05, 4.69) is 16.4 Å². The molecule has 0 unspecified atom stereocenters. The van der Waals surface area contributed by atoms with Crippen molar-refractivity contribution < 1.29 is 9.31 Å². The van der Waals surface area contributed by atoms with Crippen LogP contribution in [0, 0.1) is 11.3 Å². The second-order valence-electron chi connectivity index (χ2n) is 6.39. The second-order valence-corrected chi connectivity index (χ2v) is 6.39. The van der Waals surface area contributed by atoms with Crippen molar-refractivity contribution >= 4 is 13.2 Å². The van der Waals surface area contributed by atoms with Gasteiger partial charge in [0.1, 0.15) is 11.8 Å². The Morgan fingerprint density at radius 3 is 2.55 bits per heavy atom. The lowest BCUT2D eigenvalue weighted by atomic mass is 9.77. The maximum atomic E-state index is 9.17. The van der Waals surface area contributed by atoms with Crippen LogP contribution >= 0.6 is 0 Å². The van der Waals surface area contributed by atoms with Crippen LogP contribution in [0.2, 0.25) is 0 Å². The van der Waals surface area contributed by atoms with E-state index in [1.54, 1.807) is 6.20 Å². The van der Waals surface area contributed by atoms with E-state index in [0.717, 1.165) is 11.0 Å². The minimum Gasteiger partial charge on any atom is -0.400 e. The second kappa shape index (κ2) is 6.21. The summed E-state index contributed by atoms with van der Waals surface area (Å²) in [5.74, 6) is 0. The maximum Gasteiger partial charge on any atom is 0.491 e. The molecule has 0 aliphatic carbocycles. The fourth-order valence-corrected chi connectivity index (χ4v) is 2.23. The van der Waals surface area contributed by atoms with E-state index in [1.807, 2.05) is 53.0 Å². The van der Waals surface area contributed by atoms with Gasteiger partial charge in [-0.15, -0.1) is 0 Å². The van der Waals surface area contributed by atoms with E-state index in [-0.39, 0.29) is 0 Å². The number of hydrogen-bond donors (Lipinski definition) is 1. The van der Waals surface area contributed by atoms with Crippen molar-refractivity contribution in [1.29, 1.82) is 5.26 Å². The summed E-state index contributed by atoms with van der Waals surface area (Å²) in [4.78, 5) is 4.09. The van der Waals surface area contributed by atoms with Crippen LogP contribution in [0.4, 0.5) is 0 Å². The first-order valence-corrected chi connectivity index (χ1v) is 7.36. The number of pyridine rings is 1. The Labute approximate surface area is 132 Å². The van der Waals surface area contributed by atoms with Crippen molar-refractivity contribution in [3.8, 4) is 6.07 Å². The van der Waals surface area contributed by atoms with Crippen molar-refractivity contribution in [3.05, 3.63) is 35.1 Å². The van der Waals surface area contributed by atoms with Gasteiger partial charge < -0.3 is 14.6 Å². The van der Waals surface area contributed by atoms with E-state index in [1.165, 1.54) is 0 Å². The van der Waals surface area contributed by atoms with Crippen molar-refractivity contribution in [2.24, 2.45) is 0 Å². The van der Waals surface area contributed by atoms with Gasteiger partial charge in [-0.25, -0.2) is 4.98 Å². The maximum absolute atomic E-state index is 9.17. The molecule has 6 heteroatoms. The molecule has 1 aliphatic rings. The lowest BCUT2D eigenvalue weighted by Crippen LogP contribution is -2.41. The van der Waals surface area contributed by atoms with Gasteiger partial charge in [0, 0.05) is 18.3 Å². The minimum absolute atomic E-state index is 0.391. The molecule has 1 fully saturated rings. The summed E-state index contributed by atoms with van der Waals surface area (Å²) in [5, 5.41) is 12.3. The van der Waals surface area contributed by atoms with Crippen molar-refractivity contribution in [2.75, 3.05) is 13.6 Å². The number of nitrogens with zero attached hydrogens (tertiary/aromatic N) is 2. The molecule has 0 aromatic carbocycles. The summed E-state index contributed by atoms with van der Waals surface area (Å²) in [6, 6.07) is 5.79.